The van der Waals surface area contributed by atoms with E-state index in [2.05, 4.69) is 0 Å². The number of sulfone groups is 1. The SMILES string of the molecule is O=C(O)c1ccc(SC2CCS(=O)(=O)C2)cc1. The van der Waals surface area contributed by atoms with E-state index in [9.17, 15) is 13.2 Å². The van der Waals surface area contributed by atoms with Gasteiger partial charge in [-0.1, -0.05) is 0 Å². The van der Waals surface area contributed by atoms with E-state index in [1.54, 1.807) is 12.1 Å². The molecular formula is C11H12O4S2. The van der Waals surface area contributed by atoms with Gasteiger partial charge < -0.3 is 5.11 Å². The van der Waals surface area contributed by atoms with Crippen LogP contribution in [0, 0.1) is 0 Å². The number of benzene rings is 1. The summed E-state index contributed by atoms with van der Waals surface area (Å²) in [5.74, 6) is -0.471. The first-order chi connectivity index (χ1) is 7.96. The Balaban J connectivity index is 2.03. The van der Waals surface area contributed by atoms with Gasteiger partial charge in [0.25, 0.3) is 0 Å². The highest BCUT2D eigenvalue weighted by atomic mass is 32.2. The van der Waals surface area contributed by atoms with Crippen molar-refractivity contribution < 1.29 is 18.3 Å². The van der Waals surface area contributed by atoms with Crippen LogP contribution in [0.3, 0.4) is 0 Å². The molecule has 1 aromatic carbocycles. The van der Waals surface area contributed by atoms with Gasteiger partial charge in [0.05, 0.1) is 17.1 Å². The lowest BCUT2D eigenvalue weighted by Crippen LogP contribution is -2.06. The summed E-state index contributed by atoms with van der Waals surface area (Å²) in [5.41, 5.74) is 0.244. The fourth-order valence-electron chi connectivity index (χ4n) is 1.72. The van der Waals surface area contributed by atoms with Crippen LogP contribution in [0.4, 0.5) is 0 Å². The zero-order chi connectivity index (χ0) is 12.5. The van der Waals surface area contributed by atoms with Gasteiger partial charge in [-0.2, -0.15) is 0 Å². The summed E-state index contributed by atoms with van der Waals surface area (Å²) in [5, 5.41) is 8.84. The monoisotopic (exact) mass is 272 g/mol. The van der Waals surface area contributed by atoms with Crippen LogP contribution in [0.2, 0.25) is 0 Å². The Bertz CT molecular complexity index is 519. The third-order valence-corrected chi connectivity index (χ3v) is 5.85. The molecular weight excluding hydrogens is 260 g/mol. The Hall–Kier alpha value is -1.01. The van der Waals surface area contributed by atoms with Crippen molar-refractivity contribution in [1.82, 2.24) is 0 Å². The number of carboxylic acid groups (broad SMARTS) is 1. The van der Waals surface area contributed by atoms with Gasteiger partial charge in [-0.3, -0.25) is 0 Å². The average Bonchev–Trinajstić information content (AvgIpc) is 2.59. The summed E-state index contributed by atoms with van der Waals surface area (Å²) in [7, 11) is -2.85. The van der Waals surface area contributed by atoms with Gasteiger partial charge in [0.1, 0.15) is 0 Å². The van der Waals surface area contributed by atoms with Crippen molar-refractivity contribution in [3.05, 3.63) is 29.8 Å². The normalized spacial score (nSPS) is 22.5. The molecule has 0 aromatic heterocycles. The Morgan fingerprint density at radius 2 is 1.94 bits per heavy atom. The lowest BCUT2D eigenvalue weighted by Gasteiger charge is -2.07. The average molecular weight is 272 g/mol. The molecule has 92 valence electrons. The van der Waals surface area contributed by atoms with Crippen molar-refractivity contribution in [2.24, 2.45) is 0 Å². The molecule has 1 aliphatic heterocycles. The van der Waals surface area contributed by atoms with Crippen LogP contribution in [0.25, 0.3) is 0 Å². The Kier molecular flexibility index (Phi) is 3.44. The first-order valence-electron chi connectivity index (χ1n) is 5.17. The van der Waals surface area contributed by atoms with E-state index in [1.165, 1.54) is 23.9 Å². The van der Waals surface area contributed by atoms with Crippen molar-refractivity contribution in [2.45, 2.75) is 16.6 Å². The summed E-state index contributed by atoms with van der Waals surface area (Å²) in [6.07, 6.45) is 0.674. The summed E-state index contributed by atoms with van der Waals surface area (Å²) in [6, 6.07) is 6.51. The highest BCUT2D eigenvalue weighted by molar-refractivity contribution is 8.01. The minimum absolute atomic E-state index is 0.0932. The van der Waals surface area contributed by atoms with Gasteiger partial charge in [0, 0.05) is 10.1 Å². The summed E-state index contributed by atoms with van der Waals surface area (Å²) >= 11 is 1.50. The molecule has 1 fully saturated rings. The maximum absolute atomic E-state index is 11.3. The molecule has 1 heterocycles. The second kappa shape index (κ2) is 4.70. The van der Waals surface area contributed by atoms with Gasteiger partial charge >= 0.3 is 5.97 Å². The Morgan fingerprint density at radius 1 is 1.29 bits per heavy atom. The van der Waals surface area contributed by atoms with Crippen LogP contribution in [0.15, 0.2) is 29.2 Å². The second-order valence-electron chi connectivity index (χ2n) is 3.97. The van der Waals surface area contributed by atoms with Crippen LogP contribution in [0.5, 0.6) is 0 Å². The predicted molar refractivity (Wildman–Crippen MR) is 66.3 cm³/mol. The fourth-order valence-corrected chi connectivity index (χ4v) is 5.22. The van der Waals surface area contributed by atoms with Crippen LogP contribution >= 0.6 is 11.8 Å². The summed E-state index contributed by atoms with van der Waals surface area (Å²) in [4.78, 5) is 11.6. The molecule has 1 atom stereocenters. The van der Waals surface area contributed by atoms with Gasteiger partial charge in [-0.05, 0) is 30.7 Å². The first kappa shape index (κ1) is 12.4. The number of hydrogen-bond acceptors (Lipinski definition) is 4. The van der Waals surface area contributed by atoms with Crippen LogP contribution in [-0.4, -0.2) is 36.2 Å². The van der Waals surface area contributed by atoms with Crippen molar-refractivity contribution in [2.75, 3.05) is 11.5 Å². The van der Waals surface area contributed by atoms with E-state index in [-0.39, 0.29) is 22.3 Å². The fraction of sp³-hybridized carbons (Fsp3) is 0.364. The molecule has 0 saturated carbocycles. The number of thioether (sulfide) groups is 1. The van der Waals surface area contributed by atoms with E-state index in [1.807, 2.05) is 0 Å². The third-order valence-electron chi connectivity index (χ3n) is 2.59. The molecule has 0 spiro atoms. The molecule has 0 aliphatic carbocycles. The lowest BCUT2D eigenvalue weighted by atomic mass is 10.2. The molecule has 4 nitrogen and oxygen atoms in total. The molecule has 6 heteroatoms. The topological polar surface area (TPSA) is 71.4 Å². The number of rotatable bonds is 3. The minimum atomic E-state index is -2.85. The van der Waals surface area contributed by atoms with E-state index in [0.29, 0.717) is 6.42 Å². The summed E-state index contributed by atoms with van der Waals surface area (Å²) < 4.78 is 22.6. The zero-order valence-electron chi connectivity index (χ0n) is 9.00. The van der Waals surface area contributed by atoms with E-state index >= 15 is 0 Å². The highest BCUT2D eigenvalue weighted by Gasteiger charge is 2.28. The lowest BCUT2D eigenvalue weighted by molar-refractivity contribution is 0.0697. The smallest absolute Gasteiger partial charge is 0.335 e. The minimum Gasteiger partial charge on any atom is -0.478 e. The van der Waals surface area contributed by atoms with Crippen LogP contribution < -0.4 is 0 Å². The molecule has 0 bridgehead atoms. The molecule has 1 saturated heterocycles. The number of carbonyl (C=O) groups is 1. The molecule has 1 aromatic rings. The van der Waals surface area contributed by atoms with Crippen molar-refractivity contribution in [3.63, 3.8) is 0 Å². The second-order valence-corrected chi connectivity index (χ2v) is 7.57. The predicted octanol–water partition coefficient (Wildman–Crippen LogP) is 1.66. The molecule has 0 amide bonds. The molecule has 1 unspecified atom stereocenters. The van der Waals surface area contributed by atoms with E-state index in [0.717, 1.165) is 4.90 Å². The number of aromatic carboxylic acids is 1. The van der Waals surface area contributed by atoms with Crippen molar-refractivity contribution >= 4 is 27.6 Å². The Morgan fingerprint density at radius 3 is 2.41 bits per heavy atom. The van der Waals surface area contributed by atoms with Gasteiger partial charge in [0.15, 0.2) is 9.84 Å². The van der Waals surface area contributed by atoms with Crippen LogP contribution in [-0.2, 0) is 9.84 Å². The first-order valence-corrected chi connectivity index (χ1v) is 7.87. The quantitative estimate of drug-likeness (QED) is 0.906. The zero-order valence-corrected chi connectivity index (χ0v) is 10.6. The van der Waals surface area contributed by atoms with E-state index in [4.69, 9.17) is 5.11 Å². The molecule has 2 rings (SSSR count). The molecule has 1 aliphatic rings. The van der Waals surface area contributed by atoms with E-state index < -0.39 is 15.8 Å². The molecule has 1 N–H and O–H groups in total. The van der Waals surface area contributed by atoms with Gasteiger partial charge in [0.2, 0.25) is 0 Å². The largest absolute Gasteiger partial charge is 0.478 e. The summed E-state index contributed by atoms with van der Waals surface area (Å²) in [6.45, 7) is 0. The highest BCUT2D eigenvalue weighted by Crippen LogP contribution is 2.30. The van der Waals surface area contributed by atoms with Crippen molar-refractivity contribution in [3.8, 4) is 0 Å². The number of carboxylic acids is 1. The molecule has 0 radical (unpaired) electrons. The van der Waals surface area contributed by atoms with Crippen LogP contribution in [0.1, 0.15) is 16.8 Å². The van der Waals surface area contributed by atoms with Gasteiger partial charge in [-0.15, -0.1) is 11.8 Å². The maximum atomic E-state index is 11.3. The van der Waals surface area contributed by atoms with Crippen molar-refractivity contribution in [1.29, 1.82) is 0 Å². The van der Waals surface area contributed by atoms with Gasteiger partial charge in [-0.25, -0.2) is 13.2 Å². The molecule has 17 heavy (non-hydrogen) atoms. The number of hydrogen-bond donors (Lipinski definition) is 1. The standard InChI is InChI=1S/C11H12O4S2/c12-11(13)8-1-3-9(4-2-8)16-10-5-6-17(14,15)7-10/h1-4,10H,5-7H2,(H,12,13). The third kappa shape index (κ3) is 3.23. The maximum Gasteiger partial charge on any atom is 0.335 e. The Labute approximate surface area is 104 Å².